The fraction of sp³-hybridized carbons (Fsp3) is 0.722. The SMILES string of the molecule is CCC(C)C(NC(=O)C(CS)NC(=O)C(CS)NC(=O)C(N)CCCN=C(N)N)C(=O)O. The smallest absolute Gasteiger partial charge is 0.326 e. The van der Waals surface area contributed by atoms with Crippen LogP contribution in [-0.2, 0) is 19.2 Å². The summed E-state index contributed by atoms with van der Waals surface area (Å²) < 4.78 is 0. The Kier molecular flexibility index (Phi) is 14.5. The van der Waals surface area contributed by atoms with Gasteiger partial charge in [0, 0.05) is 18.1 Å². The summed E-state index contributed by atoms with van der Waals surface area (Å²) >= 11 is 8.14. The van der Waals surface area contributed by atoms with E-state index in [2.05, 4.69) is 46.2 Å². The van der Waals surface area contributed by atoms with Crippen molar-refractivity contribution >= 4 is 54.9 Å². The van der Waals surface area contributed by atoms with Gasteiger partial charge in [0.15, 0.2) is 5.96 Å². The molecule has 0 aliphatic heterocycles. The van der Waals surface area contributed by atoms with Crippen LogP contribution in [0.2, 0.25) is 0 Å². The Balaban J connectivity index is 4.92. The van der Waals surface area contributed by atoms with Gasteiger partial charge in [-0.2, -0.15) is 25.3 Å². The first-order valence-electron chi connectivity index (χ1n) is 10.1. The molecule has 0 aromatic carbocycles. The number of nitrogens with one attached hydrogen (secondary N) is 3. The number of amides is 3. The highest BCUT2D eigenvalue weighted by atomic mass is 32.1. The number of carboxylic acid groups (broad SMARTS) is 1. The topological polar surface area (TPSA) is 215 Å². The molecule has 184 valence electrons. The molecule has 10 N–H and O–H groups in total. The van der Waals surface area contributed by atoms with Gasteiger partial charge in [0.25, 0.3) is 0 Å². The summed E-state index contributed by atoms with van der Waals surface area (Å²) in [5, 5.41) is 16.7. The largest absolute Gasteiger partial charge is 0.480 e. The number of aliphatic carboxylic acids is 1. The van der Waals surface area contributed by atoms with Gasteiger partial charge in [-0.15, -0.1) is 0 Å². The lowest BCUT2D eigenvalue weighted by molar-refractivity contribution is -0.143. The van der Waals surface area contributed by atoms with Gasteiger partial charge in [-0.25, -0.2) is 4.79 Å². The van der Waals surface area contributed by atoms with Crippen molar-refractivity contribution in [3.05, 3.63) is 0 Å². The molecule has 32 heavy (non-hydrogen) atoms. The van der Waals surface area contributed by atoms with Gasteiger partial charge in [0.1, 0.15) is 18.1 Å². The van der Waals surface area contributed by atoms with E-state index in [4.69, 9.17) is 17.2 Å². The average Bonchev–Trinajstić information content (AvgIpc) is 2.75. The number of thiol groups is 2. The van der Waals surface area contributed by atoms with Gasteiger partial charge < -0.3 is 38.3 Å². The van der Waals surface area contributed by atoms with Crippen LogP contribution in [0, 0.1) is 5.92 Å². The normalized spacial score (nSPS) is 15.4. The molecule has 0 saturated heterocycles. The second kappa shape index (κ2) is 15.6. The van der Waals surface area contributed by atoms with Crippen LogP contribution in [0.1, 0.15) is 33.1 Å². The van der Waals surface area contributed by atoms with Gasteiger partial charge in [0.05, 0.1) is 6.04 Å². The van der Waals surface area contributed by atoms with Crippen LogP contribution in [0.5, 0.6) is 0 Å². The number of carbonyl (C=O) groups excluding carboxylic acids is 3. The van der Waals surface area contributed by atoms with Gasteiger partial charge in [0.2, 0.25) is 17.7 Å². The van der Waals surface area contributed by atoms with Crippen molar-refractivity contribution in [3.8, 4) is 0 Å². The molecule has 0 heterocycles. The lowest BCUT2D eigenvalue weighted by atomic mass is 9.99. The van der Waals surface area contributed by atoms with Gasteiger partial charge in [-0.1, -0.05) is 20.3 Å². The van der Waals surface area contributed by atoms with Crippen molar-refractivity contribution in [2.45, 2.75) is 57.3 Å². The second-order valence-electron chi connectivity index (χ2n) is 7.25. The van der Waals surface area contributed by atoms with E-state index in [0.717, 1.165) is 0 Å². The van der Waals surface area contributed by atoms with Crippen molar-refractivity contribution in [3.63, 3.8) is 0 Å². The predicted octanol–water partition coefficient (Wildman–Crippen LogP) is -2.19. The molecule has 0 aromatic rings. The van der Waals surface area contributed by atoms with Crippen LogP contribution in [0.25, 0.3) is 0 Å². The summed E-state index contributed by atoms with van der Waals surface area (Å²) in [6.07, 6.45) is 1.29. The molecule has 0 aromatic heterocycles. The Morgan fingerprint density at radius 1 is 0.969 bits per heavy atom. The maximum absolute atomic E-state index is 12.6. The maximum Gasteiger partial charge on any atom is 0.326 e. The molecule has 0 radical (unpaired) electrons. The first-order valence-corrected chi connectivity index (χ1v) is 11.4. The van der Waals surface area contributed by atoms with E-state index in [1.807, 2.05) is 0 Å². The van der Waals surface area contributed by atoms with Gasteiger partial charge >= 0.3 is 5.97 Å². The summed E-state index contributed by atoms with van der Waals surface area (Å²) in [7, 11) is 0. The van der Waals surface area contributed by atoms with E-state index < -0.39 is 47.9 Å². The fourth-order valence-corrected chi connectivity index (χ4v) is 3.04. The lowest BCUT2D eigenvalue weighted by Gasteiger charge is -2.25. The van der Waals surface area contributed by atoms with E-state index in [0.29, 0.717) is 19.4 Å². The summed E-state index contributed by atoms with van der Waals surface area (Å²) in [5.41, 5.74) is 16.3. The van der Waals surface area contributed by atoms with Crippen molar-refractivity contribution in [2.24, 2.45) is 28.1 Å². The average molecular weight is 494 g/mol. The first kappa shape index (κ1) is 29.8. The molecule has 0 spiro atoms. The molecule has 3 amide bonds. The third kappa shape index (κ3) is 10.9. The predicted molar refractivity (Wildman–Crippen MR) is 128 cm³/mol. The number of aliphatic imine (C=N–C) groups is 1. The molecule has 0 bridgehead atoms. The molecule has 12 nitrogen and oxygen atoms in total. The molecule has 14 heteroatoms. The lowest BCUT2D eigenvalue weighted by Crippen LogP contribution is -2.58. The number of hydrogen-bond acceptors (Lipinski definition) is 8. The minimum Gasteiger partial charge on any atom is -0.480 e. The number of nitrogens with two attached hydrogens (primary N) is 3. The standard InChI is InChI=1S/C18H35N7O5S2/c1-3-9(2)13(17(29)30)25-16(28)12(8-32)24-15(27)11(7-31)23-14(26)10(19)5-4-6-22-18(20)21/h9-13,31-32H,3-8,19H2,1-2H3,(H,23,26)(H,24,27)(H,25,28)(H,29,30)(H4,20,21,22). The Bertz CT molecular complexity index is 676. The zero-order chi connectivity index (χ0) is 24.8. The van der Waals surface area contributed by atoms with Crippen LogP contribution < -0.4 is 33.2 Å². The van der Waals surface area contributed by atoms with Crippen LogP contribution in [-0.4, -0.2) is 77.0 Å². The van der Waals surface area contributed by atoms with Crippen LogP contribution in [0.3, 0.4) is 0 Å². The van der Waals surface area contributed by atoms with E-state index in [-0.39, 0.29) is 29.8 Å². The zero-order valence-corrected chi connectivity index (χ0v) is 20.1. The van der Waals surface area contributed by atoms with Crippen molar-refractivity contribution in [2.75, 3.05) is 18.1 Å². The molecule has 0 fully saturated rings. The van der Waals surface area contributed by atoms with Gasteiger partial charge in [-0.05, 0) is 18.8 Å². The third-order valence-electron chi connectivity index (χ3n) is 4.71. The van der Waals surface area contributed by atoms with Crippen LogP contribution in [0.4, 0.5) is 0 Å². The van der Waals surface area contributed by atoms with Crippen molar-refractivity contribution in [1.82, 2.24) is 16.0 Å². The molecule has 0 rings (SSSR count). The Morgan fingerprint density at radius 3 is 1.91 bits per heavy atom. The summed E-state index contributed by atoms with van der Waals surface area (Å²) in [5.74, 6) is -3.62. The molecular formula is C18H35N7O5S2. The number of rotatable bonds is 15. The molecule has 5 atom stereocenters. The molecule has 5 unspecified atom stereocenters. The molecule has 0 aliphatic carbocycles. The fourth-order valence-electron chi connectivity index (χ4n) is 2.53. The minimum absolute atomic E-state index is 0.0518. The number of nitrogens with zero attached hydrogens (tertiary/aromatic N) is 1. The highest BCUT2D eigenvalue weighted by molar-refractivity contribution is 7.80. The van der Waals surface area contributed by atoms with E-state index in [9.17, 15) is 24.3 Å². The summed E-state index contributed by atoms with van der Waals surface area (Å²) in [6.45, 7) is 3.81. The quantitative estimate of drug-likeness (QED) is 0.0527. The Hall–Kier alpha value is -2.19. The summed E-state index contributed by atoms with van der Waals surface area (Å²) in [6, 6.07) is -4.17. The number of carbonyl (C=O) groups is 4. The molecule has 0 saturated carbocycles. The first-order chi connectivity index (χ1) is 15.0. The Labute approximate surface area is 198 Å². The third-order valence-corrected chi connectivity index (χ3v) is 5.44. The Morgan fingerprint density at radius 2 is 1.47 bits per heavy atom. The van der Waals surface area contributed by atoms with Crippen LogP contribution in [0.15, 0.2) is 4.99 Å². The minimum atomic E-state index is -1.17. The number of hydrogen-bond donors (Lipinski definition) is 9. The van der Waals surface area contributed by atoms with Crippen molar-refractivity contribution < 1.29 is 24.3 Å². The number of guanidine groups is 1. The molecular weight excluding hydrogens is 458 g/mol. The summed E-state index contributed by atoms with van der Waals surface area (Å²) in [4.78, 5) is 52.5. The van der Waals surface area contributed by atoms with E-state index in [1.165, 1.54) is 0 Å². The number of carboxylic acids is 1. The second-order valence-corrected chi connectivity index (χ2v) is 7.98. The highest BCUT2D eigenvalue weighted by Gasteiger charge is 2.31. The highest BCUT2D eigenvalue weighted by Crippen LogP contribution is 2.08. The van der Waals surface area contributed by atoms with E-state index in [1.54, 1.807) is 13.8 Å². The molecule has 0 aliphatic rings. The van der Waals surface area contributed by atoms with Crippen molar-refractivity contribution in [1.29, 1.82) is 0 Å². The van der Waals surface area contributed by atoms with Gasteiger partial charge in [-0.3, -0.25) is 19.4 Å². The van der Waals surface area contributed by atoms with E-state index >= 15 is 0 Å². The monoisotopic (exact) mass is 493 g/mol. The van der Waals surface area contributed by atoms with Crippen LogP contribution >= 0.6 is 25.3 Å². The maximum atomic E-state index is 12.6. The zero-order valence-electron chi connectivity index (χ0n) is 18.3.